The van der Waals surface area contributed by atoms with Crippen molar-refractivity contribution in [2.75, 3.05) is 36.8 Å². The molecular weight excluding hydrogens is 537 g/mol. The Morgan fingerprint density at radius 3 is 2.31 bits per heavy atom. The first-order chi connectivity index (χ1) is 16.4. The molecule has 192 valence electrons. The lowest BCUT2D eigenvalue weighted by Crippen LogP contribution is -2.48. The monoisotopic (exact) mass is 563 g/mol. The Morgan fingerprint density at radius 1 is 1.09 bits per heavy atom. The highest BCUT2D eigenvalue weighted by atomic mass is 35.5. The summed E-state index contributed by atoms with van der Waals surface area (Å²) in [6.45, 7) is 2.68. The molecule has 2 aromatic rings. The molecule has 0 aromatic heterocycles. The Hall–Kier alpha value is -2.05. The number of anilines is 1. The van der Waals surface area contributed by atoms with Crippen molar-refractivity contribution in [3.8, 4) is 5.75 Å². The van der Waals surface area contributed by atoms with Gasteiger partial charge in [-0.15, -0.1) is 0 Å². The molecule has 1 aliphatic rings. The van der Waals surface area contributed by atoms with Gasteiger partial charge < -0.3 is 10.1 Å². The lowest BCUT2D eigenvalue weighted by molar-refractivity contribution is -0.121. The van der Waals surface area contributed by atoms with Crippen LogP contribution in [-0.2, 0) is 24.8 Å². The van der Waals surface area contributed by atoms with E-state index in [0.717, 1.165) is 23.4 Å². The van der Waals surface area contributed by atoms with Gasteiger partial charge in [-0.3, -0.25) is 9.10 Å². The van der Waals surface area contributed by atoms with Crippen LogP contribution in [0.25, 0.3) is 0 Å². The third-order valence-corrected chi connectivity index (χ3v) is 9.13. The molecule has 35 heavy (non-hydrogen) atoms. The molecule has 0 radical (unpaired) electrons. The van der Waals surface area contributed by atoms with E-state index >= 15 is 0 Å². The van der Waals surface area contributed by atoms with E-state index in [9.17, 15) is 21.6 Å². The van der Waals surface area contributed by atoms with Crippen LogP contribution in [0.15, 0.2) is 47.4 Å². The van der Waals surface area contributed by atoms with Gasteiger partial charge in [-0.1, -0.05) is 23.2 Å². The van der Waals surface area contributed by atoms with Crippen LogP contribution in [0.5, 0.6) is 5.75 Å². The van der Waals surface area contributed by atoms with E-state index in [-0.39, 0.29) is 33.8 Å². The Labute approximate surface area is 216 Å². The highest BCUT2D eigenvalue weighted by Gasteiger charge is 2.31. The SMILES string of the molecule is CC(C(=O)NCCOc1ccc(S(=O)(=O)N2CCCC2)cc1)N(c1cc(Cl)ccc1Cl)S(C)(=O)=O. The fourth-order valence-corrected chi connectivity index (χ4v) is 6.83. The number of hydrogen-bond acceptors (Lipinski definition) is 6. The van der Waals surface area contributed by atoms with Gasteiger partial charge in [-0.25, -0.2) is 16.8 Å². The number of benzene rings is 2. The first-order valence-corrected chi connectivity index (χ1v) is 14.9. The van der Waals surface area contributed by atoms with Crippen molar-refractivity contribution in [3.63, 3.8) is 0 Å². The van der Waals surface area contributed by atoms with Crippen LogP contribution >= 0.6 is 23.2 Å². The molecule has 0 bridgehead atoms. The van der Waals surface area contributed by atoms with Crippen molar-refractivity contribution in [3.05, 3.63) is 52.5 Å². The Bertz CT molecular complexity index is 1260. The number of ether oxygens (including phenoxy) is 1. The lowest BCUT2D eigenvalue weighted by atomic mass is 10.2. The lowest BCUT2D eigenvalue weighted by Gasteiger charge is -2.29. The zero-order chi connectivity index (χ0) is 25.8. The number of amides is 1. The van der Waals surface area contributed by atoms with E-state index in [2.05, 4.69) is 5.32 Å². The van der Waals surface area contributed by atoms with Crippen molar-refractivity contribution in [1.82, 2.24) is 9.62 Å². The minimum Gasteiger partial charge on any atom is -0.492 e. The zero-order valence-electron chi connectivity index (χ0n) is 19.3. The van der Waals surface area contributed by atoms with E-state index in [1.165, 1.54) is 41.6 Å². The predicted octanol–water partition coefficient (Wildman–Crippen LogP) is 3.13. The maximum absolute atomic E-state index is 12.7. The second-order valence-electron chi connectivity index (χ2n) is 8.05. The highest BCUT2D eigenvalue weighted by molar-refractivity contribution is 7.92. The van der Waals surface area contributed by atoms with Gasteiger partial charge in [0, 0.05) is 18.1 Å². The highest BCUT2D eigenvalue weighted by Crippen LogP contribution is 2.32. The Morgan fingerprint density at radius 2 is 1.71 bits per heavy atom. The van der Waals surface area contributed by atoms with Gasteiger partial charge in [0.05, 0.1) is 28.4 Å². The molecule has 1 aliphatic heterocycles. The van der Waals surface area contributed by atoms with Crippen molar-refractivity contribution < 1.29 is 26.4 Å². The predicted molar refractivity (Wildman–Crippen MR) is 136 cm³/mol. The molecular formula is C22H27Cl2N3O6S2. The van der Waals surface area contributed by atoms with Crippen molar-refractivity contribution in [1.29, 1.82) is 0 Å². The van der Waals surface area contributed by atoms with Crippen molar-refractivity contribution in [2.45, 2.75) is 30.7 Å². The van der Waals surface area contributed by atoms with Crippen LogP contribution < -0.4 is 14.4 Å². The minimum atomic E-state index is -3.85. The van der Waals surface area contributed by atoms with Gasteiger partial charge in [-0.2, -0.15) is 4.31 Å². The molecule has 1 unspecified atom stereocenters. The Balaban J connectivity index is 1.57. The second-order valence-corrected chi connectivity index (χ2v) is 12.7. The summed E-state index contributed by atoms with van der Waals surface area (Å²) >= 11 is 12.2. The molecule has 0 aliphatic carbocycles. The van der Waals surface area contributed by atoms with E-state index in [1.54, 1.807) is 12.1 Å². The third kappa shape index (κ3) is 6.79. The van der Waals surface area contributed by atoms with Gasteiger partial charge in [-0.05, 0) is 62.2 Å². The molecule has 3 rings (SSSR count). The molecule has 9 nitrogen and oxygen atoms in total. The van der Waals surface area contributed by atoms with Crippen LogP contribution in [0, 0.1) is 0 Å². The number of halogens is 2. The van der Waals surface area contributed by atoms with Gasteiger partial charge in [0.1, 0.15) is 18.4 Å². The van der Waals surface area contributed by atoms with Crippen LogP contribution in [0.1, 0.15) is 19.8 Å². The number of carbonyl (C=O) groups is 1. The topological polar surface area (TPSA) is 113 Å². The minimum absolute atomic E-state index is 0.0908. The van der Waals surface area contributed by atoms with Gasteiger partial charge >= 0.3 is 0 Å². The fraction of sp³-hybridized carbons (Fsp3) is 0.409. The van der Waals surface area contributed by atoms with Crippen LogP contribution in [0.4, 0.5) is 5.69 Å². The molecule has 0 saturated carbocycles. The molecule has 1 heterocycles. The summed E-state index contributed by atoms with van der Waals surface area (Å²) in [5.74, 6) is -0.113. The van der Waals surface area contributed by atoms with E-state index in [4.69, 9.17) is 27.9 Å². The quantitative estimate of drug-likeness (QED) is 0.444. The number of hydrogen-bond donors (Lipinski definition) is 1. The zero-order valence-corrected chi connectivity index (χ0v) is 22.4. The summed E-state index contributed by atoms with van der Waals surface area (Å²) in [5.41, 5.74) is 0.101. The first kappa shape index (κ1) is 27.5. The summed E-state index contributed by atoms with van der Waals surface area (Å²) in [7, 11) is -7.35. The molecule has 1 fully saturated rings. The maximum atomic E-state index is 12.7. The maximum Gasteiger partial charge on any atom is 0.243 e. The van der Waals surface area contributed by atoms with Gasteiger partial charge in [0.15, 0.2) is 0 Å². The molecule has 1 N–H and O–H groups in total. The number of sulfonamides is 2. The first-order valence-electron chi connectivity index (χ1n) is 10.9. The van der Waals surface area contributed by atoms with E-state index in [1.807, 2.05) is 0 Å². The summed E-state index contributed by atoms with van der Waals surface area (Å²) < 4.78 is 58.0. The van der Waals surface area contributed by atoms with Crippen LogP contribution in [0.3, 0.4) is 0 Å². The largest absolute Gasteiger partial charge is 0.492 e. The normalized spacial score (nSPS) is 15.5. The number of nitrogens with zero attached hydrogens (tertiary/aromatic N) is 2. The summed E-state index contributed by atoms with van der Waals surface area (Å²) in [4.78, 5) is 12.9. The summed E-state index contributed by atoms with van der Waals surface area (Å²) in [6.07, 6.45) is 2.70. The van der Waals surface area contributed by atoms with Crippen LogP contribution in [0.2, 0.25) is 10.0 Å². The molecule has 0 spiro atoms. The summed E-state index contributed by atoms with van der Waals surface area (Å²) in [5, 5.41) is 3.05. The number of nitrogens with one attached hydrogen (secondary N) is 1. The van der Waals surface area contributed by atoms with Gasteiger partial charge in [0.25, 0.3) is 0 Å². The van der Waals surface area contributed by atoms with E-state index < -0.39 is 32.0 Å². The standard InChI is InChI=1S/C22H27Cl2N3O6S2/c1-16(27(34(2,29)30)21-15-17(23)5-10-20(21)24)22(28)25-11-14-33-18-6-8-19(9-7-18)35(31,32)26-12-3-4-13-26/h5-10,15-16H,3-4,11-14H2,1-2H3,(H,25,28). The molecule has 1 amide bonds. The third-order valence-electron chi connectivity index (χ3n) is 5.43. The Kier molecular flexibility index (Phi) is 8.92. The average Bonchev–Trinajstić information content (AvgIpc) is 3.34. The summed E-state index contributed by atoms with van der Waals surface area (Å²) in [6, 6.07) is 9.34. The van der Waals surface area contributed by atoms with E-state index in [0.29, 0.717) is 18.8 Å². The van der Waals surface area contributed by atoms with Crippen molar-refractivity contribution >= 4 is 54.8 Å². The second kappa shape index (κ2) is 11.3. The van der Waals surface area contributed by atoms with Crippen LogP contribution in [-0.4, -0.2) is 65.6 Å². The fourth-order valence-electron chi connectivity index (χ4n) is 3.71. The molecule has 13 heteroatoms. The average molecular weight is 565 g/mol. The molecule has 2 aromatic carbocycles. The number of rotatable bonds is 10. The molecule has 1 saturated heterocycles. The van der Waals surface area contributed by atoms with Gasteiger partial charge in [0.2, 0.25) is 26.0 Å². The van der Waals surface area contributed by atoms with Crippen molar-refractivity contribution in [2.24, 2.45) is 0 Å². The smallest absolute Gasteiger partial charge is 0.243 e. The molecule has 1 atom stereocenters. The number of carbonyl (C=O) groups excluding carboxylic acids is 1.